The monoisotopic (exact) mass is 388 g/mol. The van der Waals surface area contributed by atoms with Gasteiger partial charge in [-0.2, -0.15) is 11.3 Å². The average molecular weight is 389 g/mol. The Morgan fingerprint density at radius 1 is 1.23 bits per heavy atom. The molecule has 2 aromatic heterocycles. The van der Waals surface area contributed by atoms with Crippen LogP contribution in [0.3, 0.4) is 0 Å². The summed E-state index contributed by atoms with van der Waals surface area (Å²) >= 11 is 3.19. The molecule has 0 aliphatic heterocycles. The van der Waals surface area contributed by atoms with Gasteiger partial charge in [-0.05, 0) is 36.6 Å². The molecule has 7 heteroatoms. The number of carbonyl (C=O) groups is 1. The zero-order valence-corrected chi connectivity index (χ0v) is 16.4. The van der Waals surface area contributed by atoms with Crippen LogP contribution in [-0.2, 0) is 11.2 Å². The van der Waals surface area contributed by atoms with Crippen LogP contribution in [0, 0.1) is 0 Å². The molecule has 26 heavy (non-hydrogen) atoms. The summed E-state index contributed by atoms with van der Waals surface area (Å²) in [4.78, 5) is 17.0. The first-order valence-corrected chi connectivity index (χ1v) is 9.91. The summed E-state index contributed by atoms with van der Waals surface area (Å²) in [5, 5.41) is 9.96. The Labute approximate surface area is 160 Å². The molecule has 1 atom stereocenters. The van der Waals surface area contributed by atoms with Gasteiger partial charge in [-0.25, -0.2) is 4.98 Å². The Kier molecular flexibility index (Phi) is 5.90. The van der Waals surface area contributed by atoms with E-state index in [1.54, 1.807) is 36.9 Å². The molecule has 1 unspecified atom stereocenters. The zero-order valence-electron chi connectivity index (χ0n) is 14.8. The molecule has 0 aliphatic rings. The lowest BCUT2D eigenvalue weighted by atomic mass is 10.1. The normalized spacial score (nSPS) is 11.8. The van der Waals surface area contributed by atoms with Gasteiger partial charge in [-0.1, -0.05) is 0 Å². The molecule has 0 spiro atoms. The van der Waals surface area contributed by atoms with Crippen molar-refractivity contribution >= 4 is 28.6 Å². The van der Waals surface area contributed by atoms with Crippen LogP contribution >= 0.6 is 22.7 Å². The van der Waals surface area contributed by atoms with Crippen LogP contribution in [0.2, 0.25) is 0 Å². The van der Waals surface area contributed by atoms with E-state index in [9.17, 15) is 4.79 Å². The molecule has 0 aliphatic carbocycles. The number of hydrogen-bond donors (Lipinski definition) is 1. The van der Waals surface area contributed by atoms with Crippen LogP contribution in [0.25, 0.3) is 10.6 Å². The first kappa shape index (κ1) is 18.4. The van der Waals surface area contributed by atoms with Crippen molar-refractivity contribution in [1.82, 2.24) is 10.3 Å². The first-order valence-electron chi connectivity index (χ1n) is 8.09. The summed E-state index contributed by atoms with van der Waals surface area (Å²) in [7, 11) is 3.23. The lowest BCUT2D eigenvalue weighted by Crippen LogP contribution is -2.28. The SMILES string of the molecule is COc1ccc(OC)c(C(C)NC(=O)Cc2csc(-c3ccsc3)n2)c1. The van der Waals surface area contributed by atoms with Crippen molar-refractivity contribution in [3.05, 3.63) is 51.7 Å². The predicted molar refractivity (Wildman–Crippen MR) is 105 cm³/mol. The van der Waals surface area contributed by atoms with E-state index in [1.807, 2.05) is 41.9 Å². The second kappa shape index (κ2) is 8.33. The Hall–Kier alpha value is -2.38. The van der Waals surface area contributed by atoms with Gasteiger partial charge >= 0.3 is 0 Å². The van der Waals surface area contributed by atoms with E-state index >= 15 is 0 Å². The molecule has 136 valence electrons. The molecule has 0 saturated carbocycles. The fourth-order valence-corrected chi connectivity index (χ4v) is 4.15. The number of thiazole rings is 1. The van der Waals surface area contributed by atoms with Gasteiger partial charge in [-0.3, -0.25) is 4.79 Å². The Bertz CT molecular complexity index is 875. The van der Waals surface area contributed by atoms with Gasteiger partial charge in [0.1, 0.15) is 16.5 Å². The van der Waals surface area contributed by atoms with Crippen molar-refractivity contribution in [2.75, 3.05) is 14.2 Å². The molecule has 0 bridgehead atoms. The number of hydrogen-bond acceptors (Lipinski definition) is 6. The summed E-state index contributed by atoms with van der Waals surface area (Å²) < 4.78 is 10.7. The molecular weight excluding hydrogens is 368 g/mol. The van der Waals surface area contributed by atoms with Gasteiger partial charge in [0, 0.05) is 21.9 Å². The number of carbonyl (C=O) groups excluding carboxylic acids is 1. The molecule has 2 heterocycles. The second-order valence-electron chi connectivity index (χ2n) is 5.73. The molecule has 5 nitrogen and oxygen atoms in total. The highest BCUT2D eigenvalue weighted by atomic mass is 32.1. The van der Waals surface area contributed by atoms with Gasteiger partial charge in [-0.15, -0.1) is 11.3 Å². The fraction of sp³-hybridized carbons (Fsp3) is 0.263. The van der Waals surface area contributed by atoms with Crippen LogP contribution in [0.15, 0.2) is 40.4 Å². The van der Waals surface area contributed by atoms with Crippen molar-refractivity contribution < 1.29 is 14.3 Å². The van der Waals surface area contributed by atoms with Gasteiger partial charge in [0.25, 0.3) is 0 Å². The maximum Gasteiger partial charge on any atom is 0.226 e. The molecular formula is C19H20N2O3S2. The number of methoxy groups -OCH3 is 2. The van der Waals surface area contributed by atoms with E-state index in [0.717, 1.165) is 27.6 Å². The Morgan fingerprint density at radius 3 is 2.77 bits per heavy atom. The smallest absolute Gasteiger partial charge is 0.226 e. The largest absolute Gasteiger partial charge is 0.497 e. The van der Waals surface area contributed by atoms with E-state index in [2.05, 4.69) is 15.7 Å². The third-order valence-corrected chi connectivity index (χ3v) is 5.57. The van der Waals surface area contributed by atoms with Crippen molar-refractivity contribution in [3.63, 3.8) is 0 Å². The minimum absolute atomic E-state index is 0.0791. The highest BCUT2D eigenvalue weighted by Gasteiger charge is 2.16. The standard InChI is InChI=1S/C19H20N2O3S2/c1-12(16-9-15(23-2)4-5-17(16)24-3)20-18(22)8-14-11-26-19(21-14)13-6-7-25-10-13/h4-7,9-12H,8H2,1-3H3,(H,20,22). The molecule has 3 rings (SSSR count). The minimum Gasteiger partial charge on any atom is -0.497 e. The predicted octanol–water partition coefficient (Wildman–Crippen LogP) is 4.31. The summed E-state index contributed by atoms with van der Waals surface area (Å²) in [6.45, 7) is 1.92. The molecule has 0 radical (unpaired) electrons. The highest BCUT2D eigenvalue weighted by Crippen LogP contribution is 2.29. The van der Waals surface area contributed by atoms with E-state index in [-0.39, 0.29) is 18.4 Å². The fourth-order valence-electron chi connectivity index (χ4n) is 2.62. The van der Waals surface area contributed by atoms with E-state index in [1.165, 1.54) is 0 Å². The number of benzene rings is 1. The average Bonchev–Trinajstić information content (AvgIpc) is 3.32. The van der Waals surface area contributed by atoms with Crippen molar-refractivity contribution in [1.29, 1.82) is 0 Å². The van der Waals surface area contributed by atoms with E-state index in [0.29, 0.717) is 5.75 Å². The molecule has 1 amide bonds. The Morgan fingerprint density at radius 2 is 2.08 bits per heavy atom. The van der Waals surface area contributed by atoms with Crippen LogP contribution in [0.5, 0.6) is 11.5 Å². The van der Waals surface area contributed by atoms with Crippen LogP contribution in [0.1, 0.15) is 24.2 Å². The number of ether oxygens (including phenoxy) is 2. The topological polar surface area (TPSA) is 60.5 Å². The lowest BCUT2D eigenvalue weighted by Gasteiger charge is -2.18. The van der Waals surface area contributed by atoms with Gasteiger partial charge in [0.05, 0.1) is 32.4 Å². The molecule has 1 aromatic carbocycles. The third-order valence-electron chi connectivity index (χ3n) is 3.94. The quantitative estimate of drug-likeness (QED) is 0.655. The summed E-state index contributed by atoms with van der Waals surface area (Å²) in [5.41, 5.74) is 2.75. The molecule has 0 fully saturated rings. The van der Waals surface area contributed by atoms with Crippen molar-refractivity contribution in [2.45, 2.75) is 19.4 Å². The Balaban J connectivity index is 1.66. The maximum atomic E-state index is 12.4. The molecule has 3 aromatic rings. The lowest BCUT2D eigenvalue weighted by molar-refractivity contribution is -0.121. The second-order valence-corrected chi connectivity index (χ2v) is 7.37. The van der Waals surface area contributed by atoms with E-state index < -0.39 is 0 Å². The maximum absolute atomic E-state index is 12.4. The summed E-state index contributed by atoms with van der Waals surface area (Å²) in [6, 6.07) is 7.37. The third kappa shape index (κ3) is 4.23. The van der Waals surface area contributed by atoms with E-state index in [4.69, 9.17) is 9.47 Å². The van der Waals surface area contributed by atoms with Crippen LogP contribution < -0.4 is 14.8 Å². The number of rotatable bonds is 7. The number of nitrogens with one attached hydrogen (secondary N) is 1. The van der Waals surface area contributed by atoms with Crippen LogP contribution in [-0.4, -0.2) is 25.1 Å². The zero-order chi connectivity index (χ0) is 18.5. The van der Waals surface area contributed by atoms with Gasteiger partial charge in [0.2, 0.25) is 5.91 Å². The summed E-state index contributed by atoms with van der Waals surface area (Å²) in [6.07, 6.45) is 0.247. The summed E-state index contributed by atoms with van der Waals surface area (Å²) in [5.74, 6) is 1.36. The highest BCUT2D eigenvalue weighted by molar-refractivity contribution is 7.14. The van der Waals surface area contributed by atoms with Crippen LogP contribution in [0.4, 0.5) is 0 Å². The number of amides is 1. The first-order chi connectivity index (χ1) is 12.6. The molecule has 1 N–H and O–H groups in total. The van der Waals surface area contributed by atoms with Crippen molar-refractivity contribution in [2.24, 2.45) is 0 Å². The van der Waals surface area contributed by atoms with Gasteiger partial charge in [0.15, 0.2) is 0 Å². The number of nitrogens with zero attached hydrogens (tertiary/aromatic N) is 1. The molecule has 0 saturated heterocycles. The van der Waals surface area contributed by atoms with Gasteiger partial charge < -0.3 is 14.8 Å². The minimum atomic E-state index is -0.206. The number of thiophene rings is 1. The number of aromatic nitrogens is 1. The van der Waals surface area contributed by atoms with Crippen molar-refractivity contribution in [3.8, 4) is 22.1 Å².